The van der Waals surface area contributed by atoms with E-state index in [0.29, 0.717) is 0 Å². The van der Waals surface area contributed by atoms with Crippen LogP contribution < -0.4 is 11.2 Å². The fourth-order valence-electron chi connectivity index (χ4n) is 1.79. The van der Waals surface area contributed by atoms with Gasteiger partial charge in [-0.15, -0.1) is 6.58 Å². The van der Waals surface area contributed by atoms with E-state index in [0.717, 1.165) is 18.2 Å². The standard InChI is InChI=1S/C13H11F3N2O/c1-2-10(17)9-6-18-11-5-7(13(14,15)16)3-4-8(11)12(9)19/h2-6,10H,1,17H2,(H,18,19)/t10-/m1/s1. The Kier molecular flexibility index (Phi) is 3.20. The highest BCUT2D eigenvalue weighted by Gasteiger charge is 2.30. The Morgan fingerprint density at radius 1 is 1.37 bits per heavy atom. The van der Waals surface area contributed by atoms with E-state index in [2.05, 4.69) is 11.6 Å². The van der Waals surface area contributed by atoms with E-state index in [-0.39, 0.29) is 16.5 Å². The summed E-state index contributed by atoms with van der Waals surface area (Å²) in [6, 6.07) is 2.27. The van der Waals surface area contributed by atoms with E-state index < -0.39 is 23.2 Å². The molecular weight excluding hydrogens is 257 g/mol. The minimum absolute atomic E-state index is 0.125. The molecule has 2 aromatic rings. The summed E-state index contributed by atoms with van der Waals surface area (Å²) < 4.78 is 37.7. The lowest BCUT2D eigenvalue weighted by Gasteiger charge is -2.10. The van der Waals surface area contributed by atoms with Crippen LogP contribution >= 0.6 is 0 Å². The average molecular weight is 268 g/mol. The van der Waals surface area contributed by atoms with Crippen molar-refractivity contribution >= 4 is 10.9 Å². The Morgan fingerprint density at radius 3 is 2.63 bits per heavy atom. The second-order valence-corrected chi connectivity index (χ2v) is 4.09. The van der Waals surface area contributed by atoms with Crippen molar-refractivity contribution < 1.29 is 13.2 Å². The summed E-state index contributed by atoms with van der Waals surface area (Å²) >= 11 is 0. The van der Waals surface area contributed by atoms with Gasteiger partial charge < -0.3 is 10.7 Å². The maximum absolute atomic E-state index is 12.6. The highest BCUT2D eigenvalue weighted by atomic mass is 19.4. The zero-order valence-corrected chi connectivity index (χ0v) is 9.79. The monoisotopic (exact) mass is 268 g/mol. The Morgan fingerprint density at radius 2 is 2.05 bits per heavy atom. The quantitative estimate of drug-likeness (QED) is 0.823. The van der Waals surface area contributed by atoms with Crippen LogP contribution in [0.5, 0.6) is 0 Å². The summed E-state index contributed by atoms with van der Waals surface area (Å²) in [7, 11) is 0. The van der Waals surface area contributed by atoms with Gasteiger partial charge in [-0.1, -0.05) is 6.08 Å². The number of hydrogen-bond acceptors (Lipinski definition) is 2. The topological polar surface area (TPSA) is 58.9 Å². The molecule has 0 fully saturated rings. The third-order valence-corrected chi connectivity index (χ3v) is 2.85. The zero-order chi connectivity index (χ0) is 14.2. The zero-order valence-electron chi connectivity index (χ0n) is 9.79. The molecule has 0 aliphatic heterocycles. The van der Waals surface area contributed by atoms with Crippen LogP contribution in [0.3, 0.4) is 0 Å². The van der Waals surface area contributed by atoms with Crippen LogP contribution in [0.15, 0.2) is 41.8 Å². The van der Waals surface area contributed by atoms with Gasteiger partial charge in [-0.3, -0.25) is 4.79 Å². The minimum atomic E-state index is -4.44. The Balaban J connectivity index is 2.67. The molecule has 0 aliphatic rings. The number of nitrogens with one attached hydrogen (secondary N) is 1. The molecule has 0 saturated carbocycles. The average Bonchev–Trinajstić information content (AvgIpc) is 2.37. The number of hydrogen-bond donors (Lipinski definition) is 2. The van der Waals surface area contributed by atoms with Gasteiger partial charge in [0.15, 0.2) is 5.43 Å². The second kappa shape index (κ2) is 4.55. The molecule has 2 rings (SSSR count). The highest BCUT2D eigenvalue weighted by Crippen LogP contribution is 2.30. The van der Waals surface area contributed by atoms with E-state index in [1.54, 1.807) is 0 Å². The SMILES string of the molecule is C=C[C@@H](N)c1c[nH]c2cc(C(F)(F)F)ccc2c1=O. The molecule has 1 aromatic carbocycles. The molecule has 0 amide bonds. The summed E-state index contributed by atoms with van der Waals surface area (Å²) in [6.45, 7) is 3.48. The summed E-state index contributed by atoms with van der Waals surface area (Å²) in [5, 5.41) is 0.169. The summed E-state index contributed by atoms with van der Waals surface area (Å²) in [4.78, 5) is 14.7. The van der Waals surface area contributed by atoms with Crippen LogP contribution in [0.2, 0.25) is 0 Å². The minimum Gasteiger partial charge on any atom is -0.361 e. The first-order chi connectivity index (χ1) is 8.84. The maximum Gasteiger partial charge on any atom is 0.416 e. The number of fused-ring (bicyclic) bond motifs is 1. The molecule has 0 spiro atoms. The van der Waals surface area contributed by atoms with Gasteiger partial charge in [0.1, 0.15) is 0 Å². The molecular formula is C13H11F3N2O. The van der Waals surface area contributed by atoms with Crippen molar-refractivity contribution in [3.05, 3.63) is 58.4 Å². The van der Waals surface area contributed by atoms with Crippen molar-refractivity contribution in [2.24, 2.45) is 5.73 Å². The van der Waals surface area contributed by atoms with Gasteiger partial charge in [0, 0.05) is 22.7 Å². The first-order valence-electron chi connectivity index (χ1n) is 5.45. The van der Waals surface area contributed by atoms with Gasteiger partial charge in [0.05, 0.1) is 11.6 Å². The van der Waals surface area contributed by atoms with Crippen LogP contribution in [-0.2, 0) is 6.18 Å². The van der Waals surface area contributed by atoms with Gasteiger partial charge in [-0.05, 0) is 18.2 Å². The number of aromatic nitrogens is 1. The number of nitrogens with two attached hydrogens (primary N) is 1. The Bertz CT molecular complexity index is 688. The van der Waals surface area contributed by atoms with Crippen molar-refractivity contribution in [1.82, 2.24) is 4.98 Å². The molecule has 1 aromatic heterocycles. The van der Waals surface area contributed by atoms with Gasteiger partial charge in [0.25, 0.3) is 0 Å². The molecule has 0 aliphatic carbocycles. The number of aromatic amines is 1. The number of halogens is 3. The maximum atomic E-state index is 12.6. The molecule has 3 N–H and O–H groups in total. The number of benzene rings is 1. The van der Waals surface area contributed by atoms with Gasteiger partial charge in [0.2, 0.25) is 0 Å². The number of pyridine rings is 1. The molecule has 6 heteroatoms. The smallest absolute Gasteiger partial charge is 0.361 e. The molecule has 0 unspecified atom stereocenters. The first-order valence-corrected chi connectivity index (χ1v) is 5.45. The fraction of sp³-hybridized carbons (Fsp3) is 0.154. The molecule has 100 valence electrons. The molecule has 0 radical (unpaired) electrons. The van der Waals surface area contributed by atoms with E-state index in [9.17, 15) is 18.0 Å². The number of alkyl halides is 3. The Hall–Kier alpha value is -2.08. The van der Waals surface area contributed by atoms with Crippen LogP contribution in [-0.4, -0.2) is 4.98 Å². The van der Waals surface area contributed by atoms with E-state index in [1.165, 1.54) is 12.3 Å². The lowest BCUT2D eigenvalue weighted by atomic mass is 10.0. The summed E-state index contributed by atoms with van der Waals surface area (Å²) in [6.07, 6.45) is -1.74. The molecule has 1 heterocycles. The third-order valence-electron chi connectivity index (χ3n) is 2.85. The lowest BCUT2D eigenvalue weighted by Crippen LogP contribution is -2.19. The van der Waals surface area contributed by atoms with Crippen LogP contribution in [0, 0.1) is 0 Å². The van der Waals surface area contributed by atoms with Crippen molar-refractivity contribution in [2.75, 3.05) is 0 Å². The molecule has 3 nitrogen and oxygen atoms in total. The highest BCUT2D eigenvalue weighted by molar-refractivity contribution is 5.79. The van der Waals surface area contributed by atoms with Crippen LogP contribution in [0.4, 0.5) is 13.2 Å². The van der Waals surface area contributed by atoms with Crippen molar-refractivity contribution in [1.29, 1.82) is 0 Å². The van der Waals surface area contributed by atoms with Gasteiger partial charge in [-0.2, -0.15) is 13.2 Å². The van der Waals surface area contributed by atoms with E-state index >= 15 is 0 Å². The van der Waals surface area contributed by atoms with Gasteiger partial charge in [-0.25, -0.2) is 0 Å². The molecule has 0 saturated heterocycles. The number of H-pyrrole nitrogens is 1. The van der Waals surface area contributed by atoms with Crippen LogP contribution in [0.1, 0.15) is 17.2 Å². The summed E-state index contributed by atoms with van der Waals surface area (Å²) in [5.41, 5.74) is 4.86. The normalized spacial score (nSPS) is 13.5. The third kappa shape index (κ3) is 2.39. The lowest BCUT2D eigenvalue weighted by molar-refractivity contribution is -0.137. The molecule has 1 atom stereocenters. The first kappa shape index (κ1) is 13.4. The Labute approximate surface area is 106 Å². The predicted molar refractivity (Wildman–Crippen MR) is 66.7 cm³/mol. The second-order valence-electron chi connectivity index (χ2n) is 4.09. The summed E-state index contributed by atoms with van der Waals surface area (Å²) in [5.74, 6) is 0. The molecule has 0 bridgehead atoms. The van der Waals surface area contributed by atoms with Gasteiger partial charge >= 0.3 is 6.18 Å². The van der Waals surface area contributed by atoms with Crippen molar-refractivity contribution in [2.45, 2.75) is 12.2 Å². The van der Waals surface area contributed by atoms with E-state index in [1.807, 2.05) is 0 Å². The predicted octanol–water partition coefficient (Wildman–Crippen LogP) is 2.73. The molecule has 19 heavy (non-hydrogen) atoms. The number of rotatable bonds is 2. The van der Waals surface area contributed by atoms with E-state index in [4.69, 9.17) is 5.73 Å². The van der Waals surface area contributed by atoms with Crippen molar-refractivity contribution in [3.63, 3.8) is 0 Å². The fourth-order valence-corrected chi connectivity index (χ4v) is 1.79. The largest absolute Gasteiger partial charge is 0.416 e. The van der Waals surface area contributed by atoms with Crippen molar-refractivity contribution in [3.8, 4) is 0 Å². The van der Waals surface area contributed by atoms with Crippen LogP contribution in [0.25, 0.3) is 10.9 Å².